The number of aromatic nitrogens is 3. The maximum Gasteiger partial charge on any atom is 0.261 e. The maximum atomic E-state index is 12.9. The Morgan fingerprint density at radius 3 is 2.53 bits per heavy atom. The zero-order valence-corrected chi connectivity index (χ0v) is 19.4. The van der Waals surface area contributed by atoms with E-state index in [0.29, 0.717) is 22.3 Å². The number of benzene rings is 3. The highest BCUT2D eigenvalue weighted by molar-refractivity contribution is 6.30. The van der Waals surface area contributed by atoms with Crippen LogP contribution in [0.15, 0.2) is 78.9 Å². The molecule has 1 atom stereocenters. The van der Waals surface area contributed by atoms with Crippen LogP contribution >= 0.6 is 11.6 Å². The maximum absolute atomic E-state index is 12.9. The molecule has 0 saturated heterocycles. The van der Waals surface area contributed by atoms with E-state index in [-0.39, 0.29) is 17.9 Å². The molecule has 0 saturated carbocycles. The molecule has 5 rings (SSSR count). The molecule has 8 heteroatoms. The van der Waals surface area contributed by atoms with Crippen LogP contribution in [0.5, 0.6) is 5.75 Å². The number of nitrogens with zero attached hydrogens (tertiary/aromatic N) is 3. The number of carbonyl (C=O) groups excluding carboxylic acids is 1. The Balaban J connectivity index is 1.51. The summed E-state index contributed by atoms with van der Waals surface area (Å²) in [5, 5.41) is 11.4. The van der Waals surface area contributed by atoms with Crippen molar-refractivity contribution in [3.05, 3.63) is 106 Å². The summed E-state index contributed by atoms with van der Waals surface area (Å²) in [7, 11) is 1.53. The molecule has 34 heavy (non-hydrogen) atoms. The predicted octanol–water partition coefficient (Wildman–Crippen LogP) is 5.56. The van der Waals surface area contributed by atoms with E-state index in [1.54, 1.807) is 22.9 Å². The van der Waals surface area contributed by atoms with Crippen molar-refractivity contribution in [3.8, 4) is 5.75 Å². The third-order valence-electron chi connectivity index (χ3n) is 5.62. The van der Waals surface area contributed by atoms with Crippen LogP contribution in [0.1, 0.15) is 33.1 Å². The molecule has 1 amide bonds. The fourth-order valence-electron chi connectivity index (χ4n) is 3.85. The van der Waals surface area contributed by atoms with E-state index in [1.165, 1.54) is 12.7 Å². The smallest absolute Gasteiger partial charge is 0.261 e. The van der Waals surface area contributed by atoms with Gasteiger partial charge in [0.1, 0.15) is 11.8 Å². The van der Waals surface area contributed by atoms with E-state index >= 15 is 0 Å². The Morgan fingerprint density at radius 1 is 1.06 bits per heavy atom. The SMILES string of the molecule is COc1ccccc1C(=O)Nc1nc2n(n1)C(c1ccc(C)cc1)C=C(c1ccc(Cl)cc1)N2. The minimum absolute atomic E-state index is 0.196. The first kappa shape index (κ1) is 21.7. The molecule has 4 aromatic rings. The Labute approximate surface area is 202 Å². The Bertz CT molecular complexity index is 1380. The second kappa shape index (κ2) is 9.03. The van der Waals surface area contributed by atoms with E-state index in [9.17, 15) is 4.79 Å². The second-order valence-electron chi connectivity index (χ2n) is 7.93. The zero-order valence-electron chi connectivity index (χ0n) is 18.6. The molecule has 7 nitrogen and oxygen atoms in total. The minimum atomic E-state index is -0.349. The summed E-state index contributed by atoms with van der Waals surface area (Å²) >= 11 is 6.08. The lowest BCUT2D eigenvalue weighted by molar-refractivity contribution is 0.102. The number of anilines is 2. The summed E-state index contributed by atoms with van der Waals surface area (Å²) in [6, 6.07) is 22.7. The molecule has 0 spiro atoms. The lowest BCUT2D eigenvalue weighted by atomic mass is 10.0. The zero-order chi connectivity index (χ0) is 23.7. The highest BCUT2D eigenvalue weighted by Gasteiger charge is 2.26. The quantitative estimate of drug-likeness (QED) is 0.398. The molecule has 0 aliphatic carbocycles. The number of ether oxygens (including phenoxy) is 1. The van der Waals surface area contributed by atoms with Gasteiger partial charge >= 0.3 is 0 Å². The summed E-state index contributed by atoms with van der Waals surface area (Å²) in [5.41, 5.74) is 4.47. The average molecular weight is 472 g/mol. The summed E-state index contributed by atoms with van der Waals surface area (Å²) in [4.78, 5) is 17.4. The van der Waals surface area contributed by atoms with Crippen LogP contribution in [0, 0.1) is 6.92 Å². The molecule has 3 aromatic carbocycles. The van der Waals surface area contributed by atoms with Crippen LogP contribution in [0.2, 0.25) is 5.02 Å². The molecule has 1 aliphatic heterocycles. The fraction of sp³-hybridized carbons (Fsp3) is 0.115. The summed E-state index contributed by atoms with van der Waals surface area (Å²) < 4.78 is 7.07. The third kappa shape index (κ3) is 4.25. The average Bonchev–Trinajstić information content (AvgIpc) is 3.26. The van der Waals surface area contributed by atoms with Crippen LogP contribution in [0.25, 0.3) is 5.70 Å². The molecule has 1 unspecified atom stereocenters. The van der Waals surface area contributed by atoms with Crippen LogP contribution in [-0.2, 0) is 0 Å². The van der Waals surface area contributed by atoms with Crippen LogP contribution < -0.4 is 15.4 Å². The van der Waals surface area contributed by atoms with Gasteiger partial charge in [-0.05, 0) is 48.4 Å². The van der Waals surface area contributed by atoms with Gasteiger partial charge in [0.2, 0.25) is 5.95 Å². The van der Waals surface area contributed by atoms with Crippen molar-refractivity contribution in [2.75, 3.05) is 17.7 Å². The van der Waals surface area contributed by atoms with Gasteiger partial charge in [-0.3, -0.25) is 10.1 Å². The van der Waals surface area contributed by atoms with Crippen molar-refractivity contribution in [2.24, 2.45) is 0 Å². The number of methoxy groups -OCH3 is 1. The van der Waals surface area contributed by atoms with Crippen molar-refractivity contribution in [2.45, 2.75) is 13.0 Å². The topological polar surface area (TPSA) is 81.1 Å². The molecule has 170 valence electrons. The minimum Gasteiger partial charge on any atom is -0.496 e. The summed E-state index contributed by atoms with van der Waals surface area (Å²) in [6.45, 7) is 2.05. The monoisotopic (exact) mass is 471 g/mol. The van der Waals surface area contributed by atoms with E-state index < -0.39 is 0 Å². The second-order valence-corrected chi connectivity index (χ2v) is 8.36. The van der Waals surface area contributed by atoms with Crippen LogP contribution in [-0.4, -0.2) is 27.8 Å². The number of fused-ring (bicyclic) bond motifs is 1. The van der Waals surface area contributed by atoms with Gasteiger partial charge < -0.3 is 10.1 Å². The molecule has 1 aromatic heterocycles. The predicted molar refractivity (Wildman–Crippen MR) is 133 cm³/mol. The number of hydrogen-bond acceptors (Lipinski definition) is 5. The normalized spacial score (nSPS) is 14.6. The van der Waals surface area contributed by atoms with E-state index in [2.05, 4.69) is 51.1 Å². The number of nitrogens with one attached hydrogen (secondary N) is 2. The van der Waals surface area contributed by atoms with Crippen molar-refractivity contribution >= 4 is 35.1 Å². The van der Waals surface area contributed by atoms with Gasteiger partial charge in [0, 0.05) is 10.7 Å². The lowest BCUT2D eigenvalue weighted by Crippen LogP contribution is -2.20. The molecule has 1 aliphatic rings. The number of para-hydroxylation sites is 1. The van der Waals surface area contributed by atoms with Gasteiger partial charge in [-0.15, -0.1) is 5.10 Å². The summed E-state index contributed by atoms with van der Waals surface area (Å²) in [5.74, 6) is 0.846. The van der Waals surface area contributed by atoms with E-state index in [4.69, 9.17) is 16.3 Å². The number of aryl methyl sites for hydroxylation is 1. The first-order chi connectivity index (χ1) is 16.5. The summed E-state index contributed by atoms with van der Waals surface area (Å²) in [6.07, 6.45) is 2.08. The van der Waals surface area contributed by atoms with Gasteiger partial charge in [-0.2, -0.15) is 4.98 Å². The third-order valence-corrected chi connectivity index (χ3v) is 5.87. The van der Waals surface area contributed by atoms with Gasteiger partial charge in [-0.1, -0.05) is 65.7 Å². The van der Waals surface area contributed by atoms with Gasteiger partial charge in [-0.25, -0.2) is 4.68 Å². The number of amides is 1. The first-order valence-corrected chi connectivity index (χ1v) is 11.1. The van der Waals surface area contributed by atoms with Crippen molar-refractivity contribution in [3.63, 3.8) is 0 Å². The Kier molecular flexibility index (Phi) is 5.77. The number of hydrogen-bond donors (Lipinski definition) is 2. The largest absolute Gasteiger partial charge is 0.496 e. The molecule has 0 fully saturated rings. The van der Waals surface area contributed by atoms with Crippen LogP contribution in [0.3, 0.4) is 0 Å². The van der Waals surface area contributed by atoms with E-state index in [1.807, 2.05) is 37.3 Å². The van der Waals surface area contributed by atoms with Crippen LogP contribution in [0.4, 0.5) is 11.9 Å². The standard InChI is InChI=1S/C26H22ClN5O2/c1-16-7-9-18(10-8-16)22-15-21(17-11-13-19(27)14-12-17)28-26-30-25(31-32(22)26)29-24(33)20-5-3-4-6-23(20)34-2/h3-15,22H,1-2H3,(H2,28,29,30,31,33). The highest BCUT2D eigenvalue weighted by Crippen LogP contribution is 2.33. The Morgan fingerprint density at radius 2 is 1.79 bits per heavy atom. The number of carbonyl (C=O) groups is 1. The molecular weight excluding hydrogens is 450 g/mol. The highest BCUT2D eigenvalue weighted by atomic mass is 35.5. The van der Waals surface area contributed by atoms with E-state index in [0.717, 1.165) is 16.8 Å². The van der Waals surface area contributed by atoms with Gasteiger partial charge in [0.25, 0.3) is 11.9 Å². The number of halogens is 1. The molecule has 0 bridgehead atoms. The van der Waals surface area contributed by atoms with Crippen molar-refractivity contribution < 1.29 is 9.53 Å². The van der Waals surface area contributed by atoms with Gasteiger partial charge in [0.15, 0.2) is 0 Å². The number of allylic oxidation sites excluding steroid dienone is 1. The number of rotatable bonds is 5. The van der Waals surface area contributed by atoms with Gasteiger partial charge in [0.05, 0.1) is 12.7 Å². The van der Waals surface area contributed by atoms with Crippen molar-refractivity contribution in [1.29, 1.82) is 0 Å². The molecule has 2 N–H and O–H groups in total. The molecule has 2 heterocycles. The first-order valence-electron chi connectivity index (χ1n) is 10.7. The lowest BCUT2D eigenvalue weighted by Gasteiger charge is -2.24. The fourth-order valence-corrected chi connectivity index (χ4v) is 3.97. The Hall–Kier alpha value is -4.10. The van der Waals surface area contributed by atoms with Crippen molar-refractivity contribution in [1.82, 2.24) is 14.8 Å². The molecular formula is C26H22ClN5O2. The molecule has 0 radical (unpaired) electrons.